The monoisotopic (exact) mass is 210 g/mol. The van der Waals surface area contributed by atoms with Gasteiger partial charge in [-0.15, -0.1) is 0 Å². The molecule has 0 heterocycles. The predicted molar refractivity (Wildman–Crippen MR) is 75.3 cm³/mol. The van der Waals surface area contributed by atoms with Crippen molar-refractivity contribution in [3.63, 3.8) is 0 Å². The molecule has 0 aliphatic rings. The van der Waals surface area contributed by atoms with Gasteiger partial charge in [-0.05, 0) is 32.8 Å². The van der Waals surface area contributed by atoms with Gasteiger partial charge in [0.1, 0.15) is 0 Å². The third-order valence-electron chi connectivity index (χ3n) is 1.88. The molecule has 0 radical (unpaired) electrons. The lowest BCUT2D eigenvalue weighted by Crippen LogP contribution is -1.81. The van der Waals surface area contributed by atoms with Crippen molar-refractivity contribution in [2.45, 2.75) is 61.8 Å². The maximum atomic E-state index is 3.96. The van der Waals surface area contributed by atoms with Crippen molar-refractivity contribution >= 4 is 0 Å². The molecular weight excluding hydrogens is 180 g/mol. The van der Waals surface area contributed by atoms with E-state index in [1.54, 1.807) is 0 Å². The van der Waals surface area contributed by atoms with Gasteiger partial charge in [0, 0.05) is 0 Å². The number of allylic oxidation sites excluding steroid dienone is 5. The molecule has 0 nitrogen and oxygen atoms in total. The fraction of sp³-hybridized carbons (Fsp3) is 0.600. The molecule has 0 amide bonds. The molecule has 0 N–H and O–H groups in total. The standard InChI is InChI=1S/C11H18.2C2H6/c1-6-9(3)8-11(5)10(4)7-2;2*1-2/h6,8H,4,7H2,1-3,5H3;2*1-2H3/b9-6-,11-8-;;. The molecule has 0 spiro atoms. The third-order valence-corrected chi connectivity index (χ3v) is 1.88. The predicted octanol–water partition coefficient (Wildman–Crippen LogP) is 5.92. The quantitative estimate of drug-likeness (QED) is 0.507. The molecule has 0 saturated carbocycles. The van der Waals surface area contributed by atoms with Crippen LogP contribution in [0.4, 0.5) is 0 Å². The molecule has 0 saturated heterocycles. The van der Waals surface area contributed by atoms with E-state index >= 15 is 0 Å². The second-order valence-electron chi connectivity index (χ2n) is 2.82. The zero-order chi connectivity index (χ0) is 12.9. The van der Waals surface area contributed by atoms with Gasteiger partial charge in [0.05, 0.1) is 0 Å². The molecule has 0 rings (SSSR count). The first-order valence-corrected chi connectivity index (χ1v) is 6.11. The van der Waals surface area contributed by atoms with Crippen molar-refractivity contribution < 1.29 is 0 Å². The maximum absolute atomic E-state index is 3.96. The van der Waals surface area contributed by atoms with Gasteiger partial charge in [-0.25, -0.2) is 0 Å². The van der Waals surface area contributed by atoms with E-state index < -0.39 is 0 Å². The van der Waals surface area contributed by atoms with Crippen LogP contribution in [0.25, 0.3) is 0 Å². The van der Waals surface area contributed by atoms with Gasteiger partial charge in [-0.2, -0.15) is 0 Å². The zero-order valence-electron chi connectivity index (χ0n) is 12.1. The van der Waals surface area contributed by atoms with Crippen molar-refractivity contribution in [1.29, 1.82) is 0 Å². The summed E-state index contributed by atoms with van der Waals surface area (Å²) >= 11 is 0. The molecule has 0 bridgehead atoms. The molecule has 0 unspecified atom stereocenters. The van der Waals surface area contributed by atoms with Crippen LogP contribution < -0.4 is 0 Å². The summed E-state index contributed by atoms with van der Waals surface area (Å²) in [4.78, 5) is 0. The molecular formula is C15H30. The molecule has 0 aliphatic heterocycles. The largest absolute Gasteiger partial charge is 0.0956 e. The highest BCUT2D eigenvalue weighted by Crippen LogP contribution is 2.12. The van der Waals surface area contributed by atoms with E-state index in [0.717, 1.165) is 6.42 Å². The van der Waals surface area contributed by atoms with Crippen LogP contribution in [0.15, 0.2) is 35.5 Å². The lowest BCUT2D eigenvalue weighted by molar-refractivity contribution is 1.11. The molecule has 0 fully saturated rings. The highest BCUT2D eigenvalue weighted by Gasteiger charge is 1.92. The van der Waals surface area contributed by atoms with Crippen molar-refractivity contribution in [2.24, 2.45) is 0 Å². The first kappa shape index (κ1) is 19.7. The van der Waals surface area contributed by atoms with E-state index in [-0.39, 0.29) is 0 Å². The SMILES string of the molecule is C=C(CC)/C(C)=C\C(C)=C/C.CC.CC. The zero-order valence-corrected chi connectivity index (χ0v) is 12.1. The van der Waals surface area contributed by atoms with E-state index in [2.05, 4.69) is 39.5 Å². The van der Waals surface area contributed by atoms with Gasteiger partial charge in [0.2, 0.25) is 0 Å². The number of hydrogen-bond donors (Lipinski definition) is 0. The summed E-state index contributed by atoms with van der Waals surface area (Å²) < 4.78 is 0. The van der Waals surface area contributed by atoms with E-state index in [9.17, 15) is 0 Å². The smallest absolute Gasteiger partial charge is 0.0311 e. The molecule has 90 valence electrons. The first-order valence-electron chi connectivity index (χ1n) is 6.11. The molecule has 0 aromatic carbocycles. The summed E-state index contributed by atoms with van der Waals surface area (Å²) in [6.07, 6.45) is 5.32. The minimum absolute atomic E-state index is 1.04. The average Bonchev–Trinajstić information content (AvgIpc) is 2.32. The first-order chi connectivity index (χ1) is 7.11. The Morgan fingerprint density at radius 1 is 1.07 bits per heavy atom. The summed E-state index contributed by atoms with van der Waals surface area (Å²) in [5, 5.41) is 0. The van der Waals surface area contributed by atoms with Crippen LogP contribution in [-0.4, -0.2) is 0 Å². The van der Waals surface area contributed by atoms with E-state index in [4.69, 9.17) is 0 Å². The van der Waals surface area contributed by atoms with Crippen LogP contribution >= 0.6 is 0 Å². The Morgan fingerprint density at radius 3 is 1.73 bits per heavy atom. The van der Waals surface area contributed by atoms with Crippen LogP contribution in [0, 0.1) is 0 Å². The molecule has 0 aromatic heterocycles. The third kappa shape index (κ3) is 13.2. The summed E-state index contributed by atoms with van der Waals surface area (Å²) in [6, 6.07) is 0. The lowest BCUT2D eigenvalue weighted by atomic mass is 10.0. The molecule has 15 heavy (non-hydrogen) atoms. The maximum Gasteiger partial charge on any atom is -0.0311 e. The Balaban J connectivity index is -0.000000318. The van der Waals surface area contributed by atoms with Crippen LogP contribution in [0.1, 0.15) is 61.8 Å². The van der Waals surface area contributed by atoms with E-state index in [1.165, 1.54) is 16.7 Å². The van der Waals surface area contributed by atoms with Crippen LogP contribution in [-0.2, 0) is 0 Å². The van der Waals surface area contributed by atoms with Crippen molar-refractivity contribution in [3.05, 3.63) is 35.5 Å². The lowest BCUT2D eigenvalue weighted by Gasteiger charge is -2.01. The Kier molecular flexibility index (Phi) is 20.6. The fourth-order valence-electron chi connectivity index (χ4n) is 0.806. The number of hydrogen-bond acceptors (Lipinski definition) is 0. The van der Waals surface area contributed by atoms with Crippen LogP contribution in [0.2, 0.25) is 0 Å². The van der Waals surface area contributed by atoms with Crippen LogP contribution in [0.5, 0.6) is 0 Å². The Bertz CT molecular complexity index is 192. The minimum atomic E-state index is 1.04. The van der Waals surface area contributed by atoms with Gasteiger partial charge < -0.3 is 0 Å². The Hall–Kier alpha value is -0.780. The van der Waals surface area contributed by atoms with E-state index in [1.807, 2.05) is 34.6 Å². The number of rotatable bonds is 3. The molecule has 0 atom stereocenters. The topological polar surface area (TPSA) is 0 Å². The Morgan fingerprint density at radius 2 is 1.47 bits per heavy atom. The summed E-state index contributed by atoms with van der Waals surface area (Å²) in [7, 11) is 0. The molecule has 0 aliphatic carbocycles. The van der Waals surface area contributed by atoms with Gasteiger partial charge >= 0.3 is 0 Å². The summed E-state index contributed by atoms with van der Waals surface area (Å²) in [5.41, 5.74) is 3.83. The van der Waals surface area contributed by atoms with Gasteiger partial charge in [0.25, 0.3) is 0 Å². The minimum Gasteiger partial charge on any atom is -0.0956 e. The van der Waals surface area contributed by atoms with Crippen molar-refractivity contribution in [2.75, 3.05) is 0 Å². The molecule has 0 aromatic rings. The fourth-order valence-corrected chi connectivity index (χ4v) is 0.806. The normalized spacial score (nSPS) is 10.7. The van der Waals surface area contributed by atoms with Gasteiger partial charge in [-0.1, -0.05) is 64.5 Å². The van der Waals surface area contributed by atoms with E-state index in [0.29, 0.717) is 0 Å². The van der Waals surface area contributed by atoms with Gasteiger partial charge in [0.15, 0.2) is 0 Å². The van der Waals surface area contributed by atoms with Crippen LogP contribution in [0.3, 0.4) is 0 Å². The van der Waals surface area contributed by atoms with Crippen molar-refractivity contribution in [3.8, 4) is 0 Å². The van der Waals surface area contributed by atoms with Gasteiger partial charge in [-0.3, -0.25) is 0 Å². The Labute approximate surface area is 97.8 Å². The summed E-state index contributed by atoms with van der Waals surface area (Å²) in [6.45, 7) is 20.4. The molecule has 0 heteroatoms. The summed E-state index contributed by atoms with van der Waals surface area (Å²) in [5.74, 6) is 0. The average molecular weight is 210 g/mol. The second-order valence-corrected chi connectivity index (χ2v) is 2.82. The highest BCUT2D eigenvalue weighted by molar-refractivity contribution is 5.32. The van der Waals surface area contributed by atoms with Crippen molar-refractivity contribution in [1.82, 2.24) is 0 Å². The highest BCUT2D eigenvalue weighted by atomic mass is 14.0. The second kappa shape index (κ2) is 15.7.